The highest BCUT2D eigenvalue weighted by Crippen LogP contribution is 2.41. The molecule has 2 aromatic carbocycles. The lowest BCUT2D eigenvalue weighted by Crippen LogP contribution is -2.29. The number of aryl methyl sites for hydroxylation is 1. The fourth-order valence-corrected chi connectivity index (χ4v) is 4.54. The van der Waals surface area contributed by atoms with E-state index in [1.807, 2.05) is 0 Å². The van der Waals surface area contributed by atoms with Crippen molar-refractivity contribution in [3.05, 3.63) is 79.7 Å². The standard InChI is InChI=1S/C24H23Cl2F3N2O3/c1-13(34-2)7-23(32)30-21-6-4-14-8-15(3-5-19(14)21)22(31-33)12-20(24(27,28)29)16-9-17(25)11-18(26)10-16/h3,5,8-13,20-21H,4,6-7H2,1-2H3,(H,30,32)/b22-12-. The van der Waals surface area contributed by atoms with Gasteiger partial charge in [-0.3, -0.25) is 4.79 Å². The summed E-state index contributed by atoms with van der Waals surface area (Å²) in [5.74, 6) is -2.28. The van der Waals surface area contributed by atoms with Crippen LogP contribution in [-0.4, -0.2) is 25.3 Å². The first-order chi connectivity index (χ1) is 16.0. The number of halogens is 5. The number of fused-ring (bicyclic) bond motifs is 1. The number of carbonyl (C=O) groups excluding carboxylic acids is 1. The van der Waals surface area contributed by atoms with E-state index in [1.54, 1.807) is 19.1 Å². The van der Waals surface area contributed by atoms with E-state index in [0.717, 1.165) is 29.3 Å². The fraction of sp³-hybridized carbons (Fsp3) is 0.375. The molecule has 0 fully saturated rings. The highest BCUT2D eigenvalue weighted by atomic mass is 35.5. The van der Waals surface area contributed by atoms with Gasteiger partial charge >= 0.3 is 6.18 Å². The van der Waals surface area contributed by atoms with Crippen LogP contribution in [0.4, 0.5) is 13.2 Å². The molecule has 0 radical (unpaired) electrons. The average molecular weight is 515 g/mol. The van der Waals surface area contributed by atoms with Crippen molar-refractivity contribution in [1.82, 2.24) is 5.32 Å². The molecule has 3 atom stereocenters. The molecule has 0 aromatic heterocycles. The Labute approximate surface area is 205 Å². The number of rotatable bonds is 8. The Bertz CT molecular complexity index is 1090. The van der Waals surface area contributed by atoms with E-state index in [2.05, 4.69) is 10.5 Å². The van der Waals surface area contributed by atoms with E-state index < -0.39 is 12.1 Å². The fourth-order valence-electron chi connectivity index (χ4n) is 4.00. The second kappa shape index (κ2) is 10.9. The van der Waals surface area contributed by atoms with Crippen molar-refractivity contribution in [3.63, 3.8) is 0 Å². The van der Waals surface area contributed by atoms with E-state index in [-0.39, 0.29) is 51.3 Å². The number of nitroso groups, excluding NO2 is 1. The summed E-state index contributed by atoms with van der Waals surface area (Å²) in [6.45, 7) is 1.79. The lowest BCUT2D eigenvalue weighted by atomic mass is 9.95. The van der Waals surface area contributed by atoms with Gasteiger partial charge in [0.05, 0.1) is 18.6 Å². The van der Waals surface area contributed by atoms with Gasteiger partial charge in [-0.15, -0.1) is 4.91 Å². The normalized spacial score (nSPS) is 17.7. The zero-order chi connectivity index (χ0) is 25.0. The van der Waals surface area contributed by atoms with Crippen molar-refractivity contribution in [1.29, 1.82) is 0 Å². The third-order valence-electron chi connectivity index (χ3n) is 5.75. The molecule has 3 unspecified atom stereocenters. The van der Waals surface area contributed by atoms with Crippen molar-refractivity contribution < 1.29 is 22.7 Å². The molecule has 1 aliphatic carbocycles. The predicted octanol–water partition coefficient (Wildman–Crippen LogP) is 6.98. The number of hydrogen-bond donors (Lipinski definition) is 1. The lowest BCUT2D eigenvalue weighted by Gasteiger charge is -2.19. The summed E-state index contributed by atoms with van der Waals surface area (Å²) in [5, 5.41) is 5.94. The molecule has 10 heteroatoms. The first kappa shape index (κ1) is 26.2. The number of nitrogens with one attached hydrogen (secondary N) is 1. The Hall–Kier alpha value is -2.42. The third kappa shape index (κ3) is 6.37. The zero-order valence-electron chi connectivity index (χ0n) is 18.5. The van der Waals surface area contributed by atoms with E-state index in [4.69, 9.17) is 27.9 Å². The molecule has 0 bridgehead atoms. The van der Waals surface area contributed by atoms with Gasteiger partial charge in [-0.1, -0.05) is 35.3 Å². The smallest absolute Gasteiger partial charge is 0.381 e. The van der Waals surface area contributed by atoms with Gasteiger partial charge in [0.1, 0.15) is 11.6 Å². The number of amides is 1. The molecule has 182 valence electrons. The molecule has 0 heterocycles. The molecule has 0 saturated heterocycles. The van der Waals surface area contributed by atoms with Crippen LogP contribution in [0.2, 0.25) is 10.0 Å². The molecule has 2 aromatic rings. The van der Waals surface area contributed by atoms with Gasteiger partial charge in [-0.25, -0.2) is 0 Å². The zero-order valence-corrected chi connectivity index (χ0v) is 20.0. The molecule has 5 nitrogen and oxygen atoms in total. The van der Waals surface area contributed by atoms with Gasteiger partial charge in [-0.05, 0) is 72.0 Å². The summed E-state index contributed by atoms with van der Waals surface area (Å²) in [5.41, 5.74) is 1.42. The Morgan fingerprint density at radius 3 is 2.50 bits per heavy atom. The Morgan fingerprint density at radius 2 is 1.91 bits per heavy atom. The molecule has 1 amide bonds. The quantitative estimate of drug-likeness (QED) is 0.386. The summed E-state index contributed by atoms with van der Waals surface area (Å²) in [4.78, 5) is 23.8. The maximum atomic E-state index is 13.9. The van der Waals surface area contributed by atoms with Crippen molar-refractivity contribution >= 4 is 34.8 Å². The highest BCUT2D eigenvalue weighted by molar-refractivity contribution is 6.34. The molecule has 3 rings (SSSR count). The van der Waals surface area contributed by atoms with Gasteiger partial charge in [0.15, 0.2) is 0 Å². The SMILES string of the molecule is COC(C)CC(=O)NC1CCc2cc(/C(=C/C(c3cc(Cl)cc(Cl)c3)C(F)(F)F)N=O)ccc21. The molecule has 1 N–H and O–H groups in total. The molecule has 0 aliphatic heterocycles. The van der Waals surface area contributed by atoms with Crippen LogP contribution in [0.15, 0.2) is 47.7 Å². The largest absolute Gasteiger partial charge is 0.399 e. The first-order valence-electron chi connectivity index (χ1n) is 10.5. The van der Waals surface area contributed by atoms with Crippen LogP contribution in [0.25, 0.3) is 5.70 Å². The van der Waals surface area contributed by atoms with Crippen LogP contribution >= 0.6 is 23.2 Å². The summed E-state index contributed by atoms with van der Waals surface area (Å²) < 4.78 is 46.7. The maximum absolute atomic E-state index is 13.9. The second-order valence-corrected chi connectivity index (χ2v) is 9.06. The van der Waals surface area contributed by atoms with Crippen LogP contribution in [0.5, 0.6) is 0 Å². The second-order valence-electron chi connectivity index (χ2n) is 8.19. The van der Waals surface area contributed by atoms with Crippen molar-refractivity contribution in [2.75, 3.05) is 7.11 Å². The van der Waals surface area contributed by atoms with E-state index in [0.29, 0.717) is 12.8 Å². The first-order valence-corrected chi connectivity index (χ1v) is 11.3. The average Bonchev–Trinajstić information content (AvgIpc) is 3.14. The minimum Gasteiger partial charge on any atom is -0.381 e. The number of allylic oxidation sites excluding steroid dienone is 1. The van der Waals surface area contributed by atoms with Crippen LogP contribution in [0.3, 0.4) is 0 Å². The molecule has 0 saturated carbocycles. The van der Waals surface area contributed by atoms with Gasteiger partial charge < -0.3 is 10.1 Å². The highest BCUT2D eigenvalue weighted by Gasteiger charge is 2.40. The monoisotopic (exact) mass is 514 g/mol. The van der Waals surface area contributed by atoms with Gasteiger partial charge in [-0.2, -0.15) is 13.2 Å². The number of hydrogen-bond acceptors (Lipinski definition) is 4. The lowest BCUT2D eigenvalue weighted by molar-refractivity contribution is -0.139. The summed E-state index contributed by atoms with van der Waals surface area (Å²) in [7, 11) is 1.53. The van der Waals surface area contributed by atoms with Crippen LogP contribution < -0.4 is 5.32 Å². The summed E-state index contributed by atoms with van der Waals surface area (Å²) >= 11 is 11.8. The minimum absolute atomic E-state index is 0.0521. The van der Waals surface area contributed by atoms with E-state index in [9.17, 15) is 22.9 Å². The van der Waals surface area contributed by atoms with Crippen molar-refractivity contribution in [2.24, 2.45) is 5.18 Å². The maximum Gasteiger partial charge on any atom is 0.399 e. The molecular weight excluding hydrogens is 492 g/mol. The summed E-state index contributed by atoms with van der Waals surface area (Å²) in [6.07, 6.45) is -2.68. The number of carbonyl (C=O) groups is 1. The van der Waals surface area contributed by atoms with Crippen molar-refractivity contribution in [2.45, 2.75) is 50.4 Å². The van der Waals surface area contributed by atoms with Crippen LogP contribution in [0, 0.1) is 4.91 Å². The summed E-state index contributed by atoms with van der Waals surface area (Å²) in [6, 6.07) is 8.32. The number of methoxy groups -OCH3 is 1. The number of nitrogens with zero attached hydrogens (tertiary/aromatic N) is 1. The Morgan fingerprint density at radius 1 is 1.24 bits per heavy atom. The van der Waals surface area contributed by atoms with E-state index >= 15 is 0 Å². The minimum atomic E-state index is -4.70. The third-order valence-corrected chi connectivity index (χ3v) is 6.18. The molecule has 1 aliphatic rings. The van der Waals surface area contributed by atoms with Crippen molar-refractivity contribution in [3.8, 4) is 0 Å². The predicted molar refractivity (Wildman–Crippen MR) is 126 cm³/mol. The van der Waals surface area contributed by atoms with Gasteiger partial charge in [0.2, 0.25) is 5.91 Å². The van der Waals surface area contributed by atoms with Crippen LogP contribution in [-0.2, 0) is 16.0 Å². The number of ether oxygens (including phenoxy) is 1. The Balaban J connectivity index is 1.89. The number of alkyl halides is 3. The molecule has 34 heavy (non-hydrogen) atoms. The molecular formula is C24H23Cl2F3N2O3. The van der Waals surface area contributed by atoms with Crippen LogP contribution in [0.1, 0.15) is 54.0 Å². The van der Waals surface area contributed by atoms with E-state index in [1.165, 1.54) is 19.2 Å². The van der Waals surface area contributed by atoms with Gasteiger partial charge in [0.25, 0.3) is 0 Å². The number of benzene rings is 2. The van der Waals surface area contributed by atoms with Gasteiger partial charge in [0, 0.05) is 22.7 Å². The molecule has 0 spiro atoms. The topological polar surface area (TPSA) is 67.8 Å². The Kier molecular flexibility index (Phi) is 8.38.